The molecule has 0 unspecified atom stereocenters. The van der Waals surface area contributed by atoms with Gasteiger partial charge in [0.05, 0.1) is 16.4 Å². The van der Waals surface area contributed by atoms with Crippen LogP contribution in [0.2, 0.25) is 10.0 Å². The smallest absolute Gasteiger partial charge is 0.0836 e. The van der Waals surface area contributed by atoms with Crippen molar-refractivity contribution in [1.82, 2.24) is 15.1 Å². The van der Waals surface area contributed by atoms with Crippen LogP contribution in [0.1, 0.15) is 23.9 Å². The molecule has 0 fully saturated rings. The lowest BCUT2D eigenvalue weighted by Gasteiger charge is -2.08. The summed E-state index contributed by atoms with van der Waals surface area (Å²) in [5.41, 5.74) is 4.19. The van der Waals surface area contributed by atoms with E-state index in [1.807, 2.05) is 23.7 Å². The summed E-state index contributed by atoms with van der Waals surface area (Å²) in [5, 5.41) is 9.13. The van der Waals surface area contributed by atoms with E-state index in [0.717, 1.165) is 30.2 Å². The lowest BCUT2D eigenvalue weighted by molar-refractivity contribution is 0.719. The third-order valence-corrected chi connectivity index (χ3v) is 3.67. The number of benzene rings is 1. The summed E-state index contributed by atoms with van der Waals surface area (Å²) in [6.45, 7) is 7.91. The van der Waals surface area contributed by atoms with Gasteiger partial charge in [-0.3, -0.25) is 0 Å². The molecule has 0 aliphatic rings. The number of halogens is 2. The molecule has 0 radical (unpaired) electrons. The number of nitrogens with one attached hydrogen (secondary N) is 1. The fraction of sp³-hybridized carbons (Fsp3) is 0.357. The van der Waals surface area contributed by atoms with E-state index in [9.17, 15) is 0 Å². The molecule has 0 spiro atoms. The maximum Gasteiger partial charge on any atom is 0.0836 e. The zero-order valence-corrected chi connectivity index (χ0v) is 12.8. The first kappa shape index (κ1) is 14.4. The molecule has 0 saturated carbocycles. The molecule has 0 atom stereocenters. The Morgan fingerprint density at radius 3 is 2.63 bits per heavy atom. The summed E-state index contributed by atoms with van der Waals surface area (Å²) in [6.07, 6.45) is 0. The highest BCUT2D eigenvalue weighted by molar-refractivity contribution is 6.35. The standard InChI is InChI=1S/C14H17Cl2N3/c1-4-17-8-12-9(2)18-19(10(12)3)14-6-5-11(15)7-13(14)16/h5-7,17H,4,8H2,1-3H3. The van der Waals surface area contributed by atoms with Crippen molar-refractivity contribution >= 4 is 23.2 Å². The summed E-state index contributed by atoms with van der Waals surface area (Å²) in [6, 6.07) is 5.45. The monoisotopic (exact) mass is 297 g/mol. The molecule has 1 N–H and O–H groups in total. The quantitative estimate of drug-likeness (QED) is 0.927. The molecule has 3 nitrogen and oxygen atoms in total. The van der Waals surface area contributed by atoms with E-state index >= 15 is 0 Å². The van der Waals surface area contributed by atoms with E-state index in [0.29, 0.717) is 10.0 Å². The van der Waals surface area contributed by atoms with Gasteiger partial charge in [-0.05, 0) is 38.6 Å². The molecular formula is C14H17Cl2N3. The van der Waals surface area contributed by atoms with Gasteiger partial charge >= 0.3 is 0 Å². The van der Waals surface area contributed by atoms with Crippen LogP contribution in [-0.2, 0) is 6.54 Å². The first-order chi connectivity index (χ1) is 9.04. The molecule has 0 saturated heterocycles. The van der Waals surface area contributed by atoms with Crippen LogP contribution in [0.5, 0.6) is 0 Å². The number of aromatic nitrogens is 2. The molecule has 0 bridgehead atoms. The van der Waals surface area contributed by atoms with Crippen molar-refractivity contribution in [3.63, 3.8) is 0 Å². The fourth-order valence-electron chi connectivity index (χ4n) is 2.07. The third kappa shape index (κ3) is 2.94. The normalized spacial score (nSPS) is 11.0. The lowest BCUT2D eigenvalue weighted by atomic mass is 10.2. The Morgan fingerprint density at radius 1 is 1.26 bits per heavy atom. The first-order valence-corrected chi connectivity index (χ1v) is 7.01. The van der Waals surface area contributed by atoms with Crippen molar-refractivity contribution in [2.45, 2.75) is 27.3 Å². The number of hydrogen-bond acceptors (Lipinski definition) is 2. The Hall–Kier alpha value is -1.03. The average molecular weight is 298 g/mol. The maximum absolute atomic E-state index is 6.24. The average Bonchev–Trinajstić information content (AvgIpc) is 2.63. The van der Waals surface area contributed by atoms with Gasteiger partial charge in [0.15, 0.2) is 0 Å². The lowest BCUT2D eigenvalue weighted by Crippen LogP contribution is -2.13. The van der Waals surface area contributed by atoms with Crippen molar-refractivity contribution in [3.05, 3.63) is 45.2 Å². The largest absolute Gasteiger partial charge is 0.313 e. The molecule has 0 aliphatic carbocycles. The molecule has 1 aromatic carbocycles. The molecule has 2 aromatic rings. The van der Waals surface area contributed by atoms with E-state index in [1.54, 1.807) is 6.07 Å². The minimum Gasteiger partial charge on any atom is -0.313 e. The zero-order valence-electron chi connectivity index (χ0n) is 11.3. The molecule has 0 aliphatic heterocycles. The van der Waals surface area contributed by atoms with Gasteiger partial charge in [0.25, 0.3) is 0 Å². The van der Waals surface area contributed by atoms with Gasteiger partial charge in [0.1, 0.15) is 0 Å². The second-order valence-corrected chi connectivity index (χ2v) is 5.28. The van der Waals surface area contributed by atoms with Crippen molar-refractivity contribution < 1.29 is 0 Å². The van der Waals surface area contributed by atoms with Crippen molar-refractivity contribution in [2.75, 3.05) is 6.54 Å². The second kappa shape index (κ2) is 5.95. The zero-order chi connectivity index (χ0) is 14.0. The van der Waals surface area contributed by atoms with Crippen LogP contribution in [0, 0.1) is 13.8 Å². The summed E-state index contributed by atoms with van der Waals surface area (Å²) >= 11 is 12.2. The summed E-state index contributed by atoms with van der Waals surface area (Å²) in [4.78, 5) is 0. The molecule has 1 heterocycles. The van der Waals surface area contributed by atoms with E-state index < -0.39 is 0 Å². The number of rotatable bonds is 4. The van der Waals surface area contributed by atoms with Gasteiger partial charge in [-0.1, -0.05) is 30.1 Å². The van der Waals surface area contributed by atoms with Crippen LogP contribution in [0.3, 0.4) is 0 Å². The Kier molecular flexibility index (Phi) is 4.50. The molecule has 2 rings (SSSR count). The third-order valence-electron chi connectivity index (χ3n) is 3.13. The van der Waals surface area contributed by atoms with Crippen LogP contribution < -0.4 is 5.32 Å². The predicted molar refractivity (Wildman–Crippen MR) is 80.4 cm³/mol. The summed E-state index contributed by atoms with van der Waals surface area (Å²) in [7, 11) is 0. The van der Waals surface area contributed by atoms with Gasteiger partial charge in [-0.25, -0.2) is 4.68 Å². The van der Waals surface area contributed by atoms with E-state index in [1.165, 1.54) is 5.56 Å². The Balaban J connectivity index is 2.45. The van der Waals surface area contributed by atoms with E-state index in [2.05, 4.69) is 24.3 Å². The number of aryl methyl sites for hydroxylation is 1. The van der Waals surface area contributed by atoms with Crippen molar-refractivity contribution in [1.29, 1.82) is 0 Å². The SMILES string of the molecule is CCNCc1c(C)nn(-c2ccc(Cl)cc2Cl)c1C. The van der Waals surface area contributed by atoms with Crippen molar-refractivity contribution in [2.24, 2.45) is 0 Å². The highest BCUT2D eigenvalue weighted by Crippen LogP contribution is 2.26. The Morgan fingerprint density at radius 2 is 2.00 bits per heavy atom. The highest BCUT2D eigenvalue weighted by atomic mass is 35.5. The molecule has 102 valence electrons. The van der Waals surface area contributed by atoms with Crippen LogP contribution in [0.25, 0.3) is 5.69 Å². The number of hydrogen-bond donors (Lipinski definition) is 1. The maximum atomic E-state index is 6.24. The van der Waals surface area contributed by atoms with Gasteiger partial charge < -0.3 is 5.32 Å². The second-order valence-electron chi connectivity index (χ2n) is 4.44. The molecule has 5 heteroatoms. The predicted octanol–water partition coefficient (Wildman–Crippen LogP) is 3.91. The summed E-state index contributed by atoms with van der Waals surface area (Å²) < 4.78 is 1.88. The van der Waals surface area contributed by atoms with Crippen LogP contribution in [0.4, 0.5) is 0 Å². The van der Waals surface area contributed by atoms with Gasteiger partial charge in [0.2, 0.25) is 0 Å². The van der Waals surface area contributed by atoms with Crippen LogP contribution in [-0.4, -0.2) is 16.3 Å². The molecule has 0 amide bonds. The number of nitrogens with zero attached hydrogens (tertiary/aromatic N) is 2. The first-order valence-electron chi connectivity index (χ1n) is 6.25. The molecule has 1 aromatic heterocycles. The fourth-order valence-corrected chi connectivity index (χ4v) is 2.56. The van der Waals surface area contributed by atoms with E-state index in [4.69, 9.17) is 23.2 Å². The van der Waals surface area contributed by atoms with E-state index in [-0.39, 0.29) is 0 Å². The van der Waals surface area contributed by atoms with Gasteiger partial charge in [0, 0.05) is 22.8 Å². The topological polar surface area (TPSA) is 29.9 Å². The van der Waals surface area contributed by atoms with Gasteiger partial charge in [-0.2, -0.15) is 5.10 Å². The van der Waals surface area contributed by atoms with Crippen molar-refractivity contribution in [3.8, 4) is 5.69 Å². The highest BCUT2D eigenvalue weighted by Gasteiger charge is 2.14. The van der Waals surface area contributed by atoms with Gasteiger partial charge in [-0.15, -0.1) is 0 Å². The minimum atomic E-state index is 0.605. The minimum absolute atomic E-state index is 0.605. The Bertz CT molecular complexity index is 591. The Labute approximate surface area is 123 Å². The molecular weight excluding hydrogens is 281 g/mol. The van der Waals surface area contributed by atoms with Crippen LogP contribution in [0.15, 0.2) is 18.2 Å². The summed E-state index contributed by atoms with van der Waals surface area (Å²) in [5.74, 6) is 0. The van der Waals surface area contributed by atoms with Crippen LogP contribution >= 0.6 is 23.2 Å². The molecule has 19 heavy (non-hydrogen) atoms.